The van der Waals surface area contributed by atoms with Gasteiger partial charge in [0.05, 0.1) is 5.69 Å². The molecule has 2 nitrogen and oxygen atoms in total. The molecule has 1 saturated heterocycles. The molecule has 0 amide bonds. The minimum absolute atomic E-state index is 0.0832. The molecule has 1 fully saturated rings. The van der Waals surface area contributed by atoms with Crippen LogP contribution in [-0.4, -0.2) is 19.6 Å². The van der Waals surface area contributed by atoms with Crippen LogP contribution in [0.25, 0.3) is 0 Å². The zero-order chi connectivity index (χ0) is 14.6. The molecule has 1 aliphatic rings. The van der Waals surface area contributed by atoms with E-state index in [9.17, 15) is 4.39 Å². The van der Waals surface area contributed by atoms with Crippen LogP contribution < -0.4 is 10.2 Å². The summed E-state index contributed by atoms with van der Waals surface area (Å²) in [6.07, 6.45) is 3.49. The number of nitrogens with zero attached hydrogens (tertiary/aromatic N) is 1. The highest BCUT2D eigenvalue weighted by Gasteiger charge is 2.25. The van der Waals surface area contributed by atoms with Crippen LogP contribution in [0.4, 0.5) is 10.1 Å². The number of hydrogen-bond acceptors (Lipinski definition) is 2. The molecule has 112 valence electrons. The highest BCUT2D eigenvalue weighted by atomic mass is 19.1. The maximum atomic E-state index is 14.3. The van der Waals surface area contributed by atoms with Crippen molar-refractivity contribution in [3.63, 3.8) is 0 Å². The van der Waals surface area contributed by atoms with E-state index in [1.807, 2.05) is 12.1 Å². The van der Waals surface area contributed by atoms with Crippen molar-refractivity contribution >= 4 is 5.69 Å². The van der Waals surface area contributed by atoms with Gasteiger partial charge in [-0.15, -0.1) is 0 Å². The van der Waals surface area contributed by atoms with E-state index in [0.717, 1.165) is 50.3 Å². The molecule has 0 atom stereocenters. The van der Waals surface area contributed by atoms with E-state index in [1.165, 1.54) is 6.42 Å². The van der Waals surface area contributed by atoms with Crippen LogP contribution in [0.3, 0.4) is 0 Å². The lowest BCUT2D eigenvalue weighted by molar-refractivity contribution is 0.325. The Bertz CT molecular complexity index is 443. The molecular formula is C17H27FN2. The molecule has 0 spiro atoms. The van der Waals surface area contributed by atoms with Crippen molar-refractivity contribution in [2.45, 2.75) is 46.6 Å². The van der Waals surface area contributed by atoms with Gasteiger partial charge in [-0.2, -0.15) is 0 Å². The van der Waals surface area contributed by atoms with Crippen molar-refractivity contribution in [2.75, 3.05) is 24.5 Å². The van der Waals surface area contributed by atoms with Crippen molar-refractivity contribution < 1.29 is 4.39 Å². The van der Waals surface area contributed by atoms with Gasteiger partial charge < -0.3 is 10.2 Å². The second kappa shape index (κ2) is 6.57. The Hall–Kier alpha value is -1.09. The Kier molecular flexibility index (Phi) is 5.03. The van der Waals surface area contributed by atoms with Gasteiger partial charge in [-0.05, 0) is 42.9 Å². The van der Waals surface area contributed by atoms with Crippen LogP contribution in [0, 0.1) is 11.2 Å². The molecule has 0 radical (unpaired) electrons. The molecule has 20 heavy (non-hydrogen) atoms. The van der Waals surface area contributed by atoms with Gasteiger partial charge in [0.15, 0.2) is 0 Å². The minimum Gasteiger partial charge on any atom is -0.369 e. The summed E-state index contributed by atoms with van der Waals surface area (Å²) in [6.45, 7) is 10.3. The molecule has 1 heterocycles. The van der Waals surface area contributed by atoms with E-state index in [2.05, 4.69) is 31.0 Å². The van der Waals surface area contributed by atoms with E-state index in [0.29, 0.717) is 5.41 Å². The molecule has 0 bridgehead atoms. The zero-order valence-electron chi connectivity index (χ0n) is 13.0. The Balaban J connectivity index is 2.22. The second-order valence-corrected chi connectivity index (χ2v) is 6.53. The van der Waals surface area contributed by atoms with Crippen LogP contribution in [-0.2, 0) is 6.54 Å². The lowest BCUT2D eigenvalue weighted by Gasteiger charge is -2.27. The average Bonchev–Trinajstić information content (AvgIpc) is 2.57. The van der Waals surface area contributed by atoms with Crippen molar-refractivity contribution in [1.29, 1.82) is 0 Å². The summed E-state index contributed by atoms with van der Waals surface area (Å²) < 4.78 is 14.3. The fraction of sp³-hybridized carbons (Fsp3) is 0.647. The van der Waals surface area contributed by atoms with Crippen LogP contribution >= 0.6 is 0 Å². The first kappa shape index (κ1) is 15.3. The molecule has 1 aromatic carbocycles. The average molecular weight is 278 g/mol. The molecule has 3 heteroatoms. The first-order chi connectivity index (χ1) is 9.53. The fourth-order valence-electron chi connectivity index (χ4n) is 2.96. The number of benzene rings is 1. The molecule has 0 aliphatic carbocycles. The maximum Gasteiger partial charge on any atom is 0.146 e. The molecule has 1 N–H and O–H groups in total. The second-order valence-electron chi connectivity index (χ2n) is 6.53. The number of hydrogen-bond donors (Lipinski definition) is 1. The van der Waals surface area contributed by atoms with Crippen molar-refractivity contribution in [2.24, 2.45) is 5.41 Å². The predicted octanol–water partition coefficient (Wildman–Crippen LogP) is 3.95. The van der Waals surface area contributed by atoms with Crippen molar-refractivity contribution in [1.82, 2.24) is 5.32 Å². The topological polar surface area (TPSA) is 15.3 Å². The zero-order valence-corrected chi connectivity index (χ0v) is 13.0. The fourth-order valence-corrected chi connectivity index (χ4v) is 2.96. The minimum atomic E-state index is -0.0832. The summed E-state index contributed by atoms with van der Waals surface area (Å²) in [6, 6.07) is 5.44. The first-order valence-corrected chi connectivity index (χ1v) is 7.76. The van der Waals surface area contributed by atoms with Crippen LogP contribution in [0.1, 0.15) is 45.6 Å². The van der Waals surface area contributed by atoms with Crippen molar-refractivity contribution in [3.8, 4) is 0 Å². The summed E-state index contributed by atoms with van der Waals surface area (Å²) in [5.74, 6) is -0.0832. The van der Waals surface area contributed by atoms with E-state index in [1.54, 1.807) is 6.07 Å². The molecule has 1 aromatic rings. The Morgan fingerprint density at radius 3 is 2.80 bits per heavy atom. The third kappa shape index (κ3) is 3.72. The van der Waals surface area contributed by atoms with E-state index in [4.69, 9.17) is 0 Å². The van der Waals surface area contributed by atoms with Gasteiger partial charge >= 0.3 is 0 Å². The van der Waals surface area contributed by atoms with Gasteiger partial charge in [0, 0.05) is 19.6 Å². The number of para-hydroxylation sites is 1. The summed E-state index contributed by atoms with van der Waals surface area (Å²) in [4.78, 5) is 2.25. The van der Waals surface area contributed by atoms with E-state index < -0.39 is 0 Å². The molecule has 0 saturated carbocycles. The third-order valence-electron chi connectivity index (χ3n) is 4.29. The van der Waals surface area contributed by atoms with Crippen LogP contribution in [0.2, 0.25) is 0 Å². The summed E-state index contributed by atoms with van der Waals surface area (Å²) in [7, 11) is 0. The quantitative estimate of drug-likeness (QED) is 0.897. The highest BCUT2D eigenvalue weighted by molar-refractivity contribution is 5.55. The van der Waals surface area contributed by atoms with Gasteiger partial charge in [-0.25, -0.2) is 4.39 Å². The largest absolute Gasteiger partial charge is 0.369 e. The number of halogens is 1. The number of nitrogens with one attached hydrogen (secondary N) is 1. The normalized spacial score (nSPS) is 18.9. The smallest absolute Gasteiger partial charge is 0.146 e. The van der Waals surface area contributed by atoms with Gasteiger partial charge in [-0.1, -0.05) is 32.9 Å². The molecular weight excluding hydrogens is 251 g/mol. The Morgan fingerprint density at radius 2 is 2.05 bits per heavy atom. The summed E-state index contributed by atoms with van der Waals surface area (Å²) >= 11 is 0. The molecule has 0 aromatic heterocycles. The highest BCUT2D eigenvalue weighted by Crippen LogP contribution is 2.33. The monoisotopic (exact) mass is 278 g/mol. The van der Waals surface area contributed by atoms with Crippen LogP contribution in [0.5, 0.6) is 0 Å². The molecule has 2 rings (SSSR count). The van der Waals surface area contributed by atoms with Gasteiger partial charge in [0.2, 0.25) is 0 Å². The summed E-state index contributed by atoms with van der Waals surface area (Å²) in [5, 5.41) is 3.31. The first-order valence-electron chi connectivity index (χ1n) is 7.76. The predicted molar refractivity (Wildman–Crippen MR) is 83.6 cm³/mol. The summed E-state index contributed by atoms with van der Waals surface area (Å²) in [5.41, 5.74) is 2.26. The lowest BCUT2D eigenvalue weighted by atomic mass is 9.85. The van der Waals surface area contributed by atoms with Crippen LogP contribution in [0.15, 0.2) is 18.2 Å². The third-order valence-corrected chi connectivity index (χ3v) is 4.29. The lowest BCUT2D eigenvalue weighted by Crippen LogP contribution is -2.28. The standard InChI is InChI=1S/C17H27FN2/c1-4-19-13-14-7-5-8-15(18)16(14)20-11-6-9-17(2,3)10-12-20/h5,7-8,19H,4,6,9-13H2,1-3H3. The number of rotatable bonds is 4. The van der Waals surface area contributed by atoms with Gasteiger partial charge in [0.1, 0.15) is 5.82 Å². The molecule has 0 unspecified atom stereocenters. The molecule has 1 aliphatic heterocycles. The van der Waals surface area contributed by atoms with Gasteiger partial charge in [0.25, 0.3) is 0 Å². The van der Waals surface area contributed by atoms with E-state index in [-0.39, 0.29) is 5.82 Å². The van der Waals surface area contributed by atoms with Crippen molar-refractivity contribution in [3.05, 3.63) is 29.6 Å². The SMILES string of the molecule is CCNCc1cccc(F)c1N1CCCC(C)(C)CC1. The Labute approximate surface area is 122 Å². The van der Waals surface area contributed by atoms with E-state index >= 15 is 0 Å². The Morgan fingerprint density at radius 1 is 1.25 bits per heavy atom. The number of anilines is 1. The maximum absolute atomic E-state index is 14.3. The van der Waals surface area contributed by atoms with Gasteiger partial charge in [-0.3, -0.25) is 0 Å².